The quantitative estimate of drug-likeness (QED) is 0.310. The van der Waals surface area contributed by atoms with Crippen LogP contribution in [-0.4, -0.2) is 5.97 Å². The van der Waals surface area contributed by atoms with Gasteiger partial charge in [-0.05, 0) is 86.8 Å². The molecule has 3 rings (SSSR count). The van der Waals surface area contributed by atoms with Gasteiger partial charge in [0.2, 0.25) is 0 Å². The van der Waals surface area contributed by atoms with Crippen LogP contribution in [0.25, 0.3) is 0 Å². The van der Waals surface area contributed by atoms with E-state index < -0.39 is 0 Å². The van der Waals surface area contributed by atoms with Crippen molar-refractivity contribution in [3.05, 3.63) is 29.8 Å². The predicted octanol–water partition coefficient (Wildman–Crippen LogP) is 8.05. The molecule has 2 fully saturated rings. The normalized spacial score (nSPS) is 27.5. The van der Waals surface area contributed by atoms with Crippen LogP contribution in [0, 0.1) is 17.8 Å². The van der Waals surface area contributed by atoms with Crippen molar-refractivity contribution in [2.24, 2.45) is 17.8 Å². The van der Waals surface area contributed by atoms with Gasteiger partial charge in [-0.15, -0.1) is 0 Å². The average Bonchev–Trinajstić information content (AvgIpc) is 2.77. The highest BCUT2D eigenvalue weighted by Gasteiger charge is 2.27. The van der Waals surface area contributed by atoms with E-state index in [1.165, 1.54) is 82.6 Å². The topological polar surface area (TPSA) is 26.3 Å². The zero-order valence-corrected chi connectivity index (χ0v) is 18.8. The Hall–Kier alpha value is -1.31. The molecule has 0 amide bonds. The number of carbonyl (C=O) groups excluding carboxylic acids is 1. The Morgan fingerprint density at radius 3 is 1.83 bits per heavy atom. The third-order valence-electron chi connectivity index (χ3n) is 7.53. The van der Waals surface area contributed by atoms with Gasteiger partial charge in [0.05, 0.1) is 5.92 Å². The minimum Gasteiger partial charge on any atom is -0.426 e. The molecule has 2 aliphatic rings. The first-order chi connectivity index (χ1) is 14.2. The summed E-state index contributed by atoms with van der Waals surface area (Å²) in [6, 6.07) is 8.43. The first-order valence-electron chi connectivity index (χ1n) is 12.5. The molecule has 162 valence electrons. The monoisotopic (exact) mass is 398 g/mol. The van der Waals surface area contributed by atoms with Crippen molar-refractivity contribution in [3.63, 3.8) is 0 Å². The van der Waals surface area contributed by atoms with Gasteiger partial charge in [0.15, 0.2) is 0 Å². The fraction of sp³-hybridized carbons (Fsp3) is 0.741. The first kappa shape index (κ1) is 22.4. The largest absolute Gasteiger partial charge is 0.426 e. The highest BCUT2D eigenvalue weighted by atomic mass is 16.5. The summed E-state index contributed by atoms with van der Waals surface area (Å²) in [5, 5.41) is 0. The van der Waals surface area contributed by atoms with Crippen LogP contribution in [0.15, 0.2) is 24.3 Å². The number of carbonyl (C=O) groups is 1. The molecule has 1 aromatic rings. The van der Waals surface area contributed by atoms with Crippen LogP contribution in [0.1, 0.15) is 115 Å². The Kier molecular flexibility index (Phi) is 9.08. The summed E-state index contributed by atoms with van der Waals surface area (Å²) < 4.78 is 5.73. The van der Waals surface area contributed by atoms with Gasteiger partial charge in [0, 0.05) is 0 Å². The third-order valence-corrected chi connectivity index (χ3v) is 7.53. The lowest BCUT2D eigenvalue weighted by atomic mass is 9.77. The molecule has 0 heterocycles. The molecule has 2 aliphatic carbocycles. The highest BCUT2D eigenvalue weighted by molar-refractivity contribution is 5.75. The Morgan fingerprint density at radius 2 is 1.31 bits per heavy atom. The molecule has 0 unspecified atom stereocenters. The number of ether oxygens (including phenoxy) is 1. The molecule has 0 saturated heterocycles. The van der Waals surface area contributed by atoms with Crippen molar-refractivity contribution in [3.8, 4) is 5.75 Å². The molecule has 0 bridgehead atoms. The summed E-state index contributed by atoms with van der Waals surface area (Å²) in [5.74, 6) is 3.28. The molecular weight excluding hydrogens is 356 g/mol. The second-order valence-corrected chi connectivity index (χ2v) is 9.71. The number of benzene rings is 1. The highest BCUT2D eigenvalue weighted by Crippen LogP contribution is 2.38. The summed E-state index contributed by atoms with van der Waals surface area (Å²) in [4.78, 5) is 12.6. The van der Waals surface area contributed by atoms with Gasteiger partial charge in [-0.1, -0.05) is 64.5 Å². The number of esters is 1. The van der Waals surface area contributed by atoms with Gasteiger partial charge in [-0.25, -0.2) is 0 Å². The van der Waals surface area contributed by atoms with Crippen molar-refractivity contribution in [2.75, 3.05) is 0 Å². The Balaban J connectivity index is 1.42. The first-order valence-corrected chi connectivity index (χ1v) is 12.5. The molecule has 2 heteroatoms. The Morgan fingerprint density at radius 1 is 0.793 bits per heavy atom. The van der Waals surface area contributed by atoms with Gasteiger partial charge in [-0.2, -0.15) is 0 Å². The van der Waals surface area contributed by atoms with E-state index in [0.717, 1.165) is 30.4 Å². The minimum absolute atomic E-state index is 0.0110. The molecule has 29 heavy (non-hydrogen) atoms. The number of rotatable bonds is 9. The van der Waals surface area contributed by atoms with E-state index in [1.807, 2.05) is 12.1 Å². The smallest absolute Gasteiger partial charge is 0.314 e. The lowest BCUT2D eigenvalue weighted by molar-refractivity contribution is -0.140. The second kappa shape index (κ2) is 11.8. The van der Waals surface area contributed by atoms with Gasteiger partial charge in [0.25, 0.3) is 0 Å². The summed E-state index contributed by atoms with van der Waals surface area (Å²) in [6.45, 7) is 4.55. The maximum absolute atomic E-state index is 12.6. The van der Waals surface area contributed by atoms with Gasteiger partial charge in [-0.3, -0.25) is 4.79 Å². The minimum atomic E-state index is -0.0110. The summed E-state index contributed by atoms with van der Waals surface area (Å²) in [7, 11) is 0. The molecule has 2 saturated carbocycles. The standard InChI is InChI=1S/C27H42O2/c1-3-5-7-21-9-13-23(14-10-21)24-17-19-26(20-18-24)29-27(28)25-15-11-22(12-16-25)8-6-4-2/h17-23,25H,3-16H2,1-2H3. The summed E-state index contributed by atoms with van der Waals surface area (Å²) >= 11 is 0. The molecule has 0 atom stereocenters. The maximum Gasteiger partial charge on any atom is 0.314 e. The molecule has 0 aliphatic heterocycles. The fourth-order valence-corrected chi connectivity index (χ4v) is 5.46. The van der Waals surface area contributed by atoms with Gasteiger partial charge in [0.1, 0.15) is 5.75 Å². The molecule has 1 aromatic carbocycles. The van der Waals surface area contributed by atoms with Crippen LogP contribution >= 0.6 is 0 Å². The molecule has 0 aromatic heterocycles. The van der Waals surface area contributed by atoms with Crippen molar-refractivity contribution in [2.45, 2.75) is 110 Å². The van der Waals surface area contributed by atoms with E-state index in [2.05, 4.69) is 26.0 Å². The number of hydrogen-bond acceptors (Lipinski definition) is 2. The zero-order valence-electron chi connectivity index (χ0n) is 18.8. The van der Waals surface area contributed by atoms with E-state index in [-0.39, 0.29) is 11.9 Å². The fourth-order valence-electron chi connectivity index (χ4n) is 5.46. The third kappa shape index (κ3) is 6.86. The van der Waals surface area contributed by atoms with Crippen LogP contribution in [0.5, 0.6) is 5.75 Å². The summed E-state index contributed by atoms with van der Waals surface area (Å²) in [6.07, 6.45) is 17.8. The number of unbranched alkanes of at least 4 members (excludes halogenated alkanes) is 2. The van der Waals surface area contributed by atoms with Gasteiger partial charge < -0.3 is 4.74 Å². The van der Waals surface area contributed by atoms with E-state index in [1.54, 1.807) is 0 Å². The van der Waals surface area contributed by atoms with Crippen LogP contribution < -0.4 is 4.74 Å². The van der Waals surface area contributed by atoms with Crippen LogP contribution in [-0.2, 0) is 4.79 Å². The van der Waals surface area contributed by atoms with E-state index in [4.69, 9.17) is 4.74 Å². The van der Waals surface area contributed by atoms with E-state index in [9.17, 15) is 4.79 Å². The zero-order chi connectivity index (χ0) is 20.5. The number of hydrogen-bond donors (Lipinski definition) is 0. The maximum atomic E-state index is 12.6. The SMILES string of the molecule is CCCCC1CCC(C(=O)Oc2ccc(C3CCC(CCCC)CC3)cc2)CC1. The lowest BCUT2D eigenvalue weighted by Crippen LogP contribution is -2.25. The summed E-state index contributed by atoms with van der Waals surface area (Å²) in [5.41, 5.74) is 1.43. The van der Waals surface area contributed by atoms with Gasteiger partial charge >= 0.3 is 5.97 Å². The lowest BCUT2D eigenvalue weighted by Gasteiger charge is -2.29. The molecular formula is C27H42O2. The van der Waals surface area contributed by atoms with Crippen molar-refractivity contribution in [1.29, 1.82) is 0 Å². The molecule has 0 radical (unpaired) electrons. The van der Waals surface area contributed by atoms with E-state index in [0.29, 0.717) is 5.92 Å². The van der Waals surface area contributed by atoms with Crippen LogP contribution in [0.4, 0.5) is 0 Å². The van der Waals surface area contributed by atoms with Crippen molar-refractivity contribution < 1.29 is 9.53 Å². The molecule has 2 nitrogen and oxygen atoms in total. The van der Waals surface area contributed by atoms with Crippen molar-refractivity contribution >= 4 is 5.97 Å². The molecule has 0 spiro atoms. The van der Waals surface area contributed by atoms with Crippen LogP contribution in [0.2, 0.25) is 0 Å². The van der Waals surface area contributed by atoms with Crippen molar-refractivity contribution in [1.82, 2.24) is 0 Å². The van der Waals surface area contributed by atoms with Crippen LogP contribution in [0.3, 0.4) is 0 Å². The van der Waals surface area contributed by atoms with E-state index >= 15 is 0 Å². The second-order valence-electron chi connectivity index (χ2n) is 9.71. The Bertz CT molecular complexity index is 589. The molecule has 0 N–H and O–H groups in total. The predicted molar refractivity (Wildman–Crippen MR) is 121 cm³/mol. The Labute approximate surface area is 178 Å². The average molecular weight is 399 g/mol.